The number of aryl methyl sites for hydroxylation is 1. The third-order valence-electron chi connectivity index (χ3n) is 5.24. The predicted molar refractivity (Wildman–Crippen MR) is 84.6 cm³/mol. The van der Waals surface area contributed by atoms with Crippen LogP contribution in [-0.2, 0) is 10.2 Å². The SMILES string of the molecule is Cc1cn[nH]c1C1CCN(C(=O)C2(c3ccccc3)CC2)C1. The number of aromatic amines is 1. The van der Waals surface area contributed by atoms with Crippen molar-refractivity contribution in [1.82, 2.24) is 15.1 Å². The van der Waals surface area contributed by atoms with E-state index in [2.05, 4.69) is 34.2 Å². The minimum Gasteiger partial charge on any atom is -0.341 e. The van der Waals surface area contributed by atoms with Crippen LogP contribution in [0.3, 0.4) is 0 Å². The predicted octanol–water partition coefficient (Wildman–Crippen LogP) is 2.77. The molecule has 4 heteroatoms. The van der Waals surface area contributed by atoms with E-state index in [9.17, 15) is 4.79 Å². The van der Waals surface area contributed by atoms with E-state index in [1.54, 1.807) is 0 Å². The molecule has 1 aliphatic heterocycles. The van der Waals surface area contributed by atoms with Gasteiger partial charge in [0.2, 0.25) is 5.91 Å². The number of carbonyl (C=O) groups excluding carboxylic acids is 1. The number of benzene rings is 1. The molecule has 1 aromatic heterocycles. The molecule has 22 heavy (non-hydrogen) atoms. The fourth-order valence-electron chi connectivity index (χ4n) is 3.76. The van der Waals surface area contributed by atoms with Gasteiger partial charge in [0.1, 0.15) is 0 Å². The molecular weight excluding hydrogens is 274 g/mol. The Morgan fingerprint density at radius 3 is 2.73 bits per heavy atom. The Labute approximate surface area is 130 Å². The van der Waals surface area contributed by atoms with E-state index in [0.29, 0.717) is 11.8 Å². The van der Waals surface area contributed by atoms with Crippen LogP contribution in [0.4, 0.5) is 0 Å². The molecule has 2 heterocycles. The average Bonchev–Trinajstić information content (AvgIpc) is 3.02. The number of H-pyrrole nitrogens is 1. The van der Waals surface area contributed by atoms with E-state index in [4.69, 9.17) is 0 Å². The van der Waals surface area contributed by atoms with Crippen molar-refractivity contribution in [2.24, 2.45) is 0 Å². The maximum Gasteiger partial charge on any atom is 0.233 e. The van der Waals surface area contributed by atoms with Gasteiger partial charge < -0.3 is 4.90 Å². The number of amides is 1. The number of nitrogens with one attached hydrogen (secondary N) is 1. The Morgan fingerprint density at radius 1 is 1.32 bits per heavy atom. The molecule has 1 saturated carbocycles. The lowest BCUT2D eigenvalue weighted by Gasteiger charge is -2.23. The van der Waals surface area contributed by atoms with Crippen molar-refractivity contribution in [3.05, 3.63) is 53.3 Å². The molecule has 0 bridgehead atoms. The van der Waals surface area contributed by atoms with Crippen molar-refractivity contribution in [3.63, 3.8) is 0 Å². The number of likely N-dealkylation sites (tertiary alicyclic amines) is 1. The van der Waals surface area contributed by atoms with Crippen molar-refractivity contribution < 1.29 is 4.79 Å². The van der Waals surface area contributed by atoms with E-state index in [1.807, 2.05) is 24.4 Å². The van der Waals surface area contributed by atoms with Gasteiger partial charge in [0, 0.05) is 24.7 Å². The second kappa shape index (κ2) is 4.97. The minimum absolute atomic E-state index is 0.237. The summed E-state index contributed by atoms with van der Waals surface area (Å²) in [6, 6.07) is 10.3. The molecule has 1 aromatic carbocycles. The summed E-state index contributed by atoms with van der Waals surface area (Å²) in [5.41, 5.74) is 3.34. The molecule has 1 atom stereocenters. The normalized spacial score (nSPS) is 22.8. The van der Waals surface area contributed by atoms with Crippen molar-refractivity contribution in [1.29, 1.82) is 0 Å². The summed E-state index contributed by atoms with van der Waals surface area (Å²) in [6.45, 7) is 3.75. The van der Waals surface area contributed by atoms with E-state index < -0.39 is 0 Å². The molecule has 0 radical (unpaired) electrons. The quantitative estimate of drug-likeness (QED) is 0.946. The van der Waals surface area contributed by atoms with Crippen LogP contribution in [0.2, 0.25) is 0 Å². The largest absolute Gasteiger partial charge is 0.341 e. The maximum atomic E-state index is 13.0. The summed E-state index contributed by atoms with van der Waals surface area (Å²) in [5, 5.41) is 7.22. The number of hydrogen-bond acceptors (Lipinski definition) is 2. The number of nitrogens with zero attached hydrogens (tertiary/aromatic N) is 2. The Bertz CT molecular complexity index is 687. The molecule has 114 valence electrons. The average molecular weight is 295 g/mol. The first kappa shape index (κ1) is 13.6. The topological polar surface area (TPSA) is 49.0 Å². The third-order valence-corrected chi connectivity index (χ3v) is 5.24. The first-order valence-electron chi connectivity index (χ1n) is 8.05. The van der Waals surface area contributed by atoms with Crippen LogP contribution in [0.1, 0.15) is 42.0 Å². The monoisotopic (exact) mass is 295 g/mol. The summed E-state index contributed by atoms with van der Waals surface area (Å²) >= 11 is 0. The molecule has 4 rings (SSSR count). The molecule has 2 aliphatic rings. The number of hydrogen-bond donors (Lipinski definition) is 1. The zero-order chi connectivity index (χ0) is 15.2. The molecule has 1 aliphatic carbocycles. The van der Waals surface area contributed by atoms with E-state index in [-0.39, 0.29) is 5.41 Å². The highest BCUT2D eigenvalue weighted by molar-refractivity contribution is 5.91. The first-order chi connectivity index (χ1) is 10.7. The lowest BCUT2D eigenvalue weighted by Crippen LogP contribution is -2.37. The van der Waals surface area contributed by atoms with Crippen molar-refractivity contribution in [2.45, 2.75) is 37.5 Å². The van der Waals surface area contributed by atoms with Gasteiger partial charge >= 0.3 is 0 Å². The Balaban J connectivity index is 1.52. The van der Waals surface area contributed by atoms with Gasteiger partial charge in [-0.1, -0.05) is 30.3 Å². The standard InChI is InChI=1S/C18H21N3O/c1-13-11-19-20-16(13)14-7-10-21(12-14)17(22)18(8-9-18)15-5-3-2-4-6-15/h2-6,11,14H,7-10,12H2,1H3,(H,19,20). The highest BCUT2D eigenvalue weighted by atomic mass is 16.2. The van der Waals surface area contributed by atoms with Crippen molar-refractivity contribution >= 4 is 5.91 Å². The fraction of sp³-hybridized carbons (Fsp3) is 0.444. The zero-order valence-electron chi connectivity index (χ0n) is 12.9. The van der Waals surface area contributed by atoms with E-state index in [0.717, 1.165) is 32.4 Å². The van der Waals surface area contributed by atoms with Gasteiger partial charge in [-0.05, 0) is 37.3 Å². The van der Waals surface area contributed by atoms with Crippen LogP contribution in [0.15, 0.2) is 36.5 Å². The van der Waals surface area contributed by atoms with Crippen LogP contribution in [0, 0.1) is 6.92 Å². The number of aromatic nitrogens is 2. The van der Waals surface area contributed by atoms with E-state index >= 15 is 0 Å². The second-order valence-corrected chi connectivity index (χ2v) is 6.65. The van der Waals surface area contributed by atoms with Crippen LogP contribution >= 0.6 is 0 Å². The molecule has 1 N–H and O–H groups in total. The molecule has 4 nitrogen and oxygen atoms in total. The van der Waals surface area contributed by atoms with E-state index in [1.165, 1.54) is 16.8 Å². The smallest absolute Gasteiger partial charge is 0.233 e. The molecule has 2 fully saturated rings. The van der Waals surface area contributed by atoms with Gasteiger partial charge in [-0.3, -0.25) is 9.89 Å². The van der Waals surface area contributed by atoms with Gasteiger partial charge in [-0.15, -0.1) is 0 Å². The lowest BCUT2D eigenvalue weighted by atomic mass is 9.94. The zero-order valence-corrected chi connectivity index (χ0v) is 12.9. The lowest BCUT2D eigenvalue weighted by molar-refractivity contribution is -0.132. The summed E-state index contributed by atoms with van der Waals surface area (Å²) in [4.78, 5) is 15.1. The molecule has 1 amide bonds. The molecule has 1 unspecified atom stereocenters. The fourth-order valence-corrected chi connectivity index (χ4v) is 3.76. The van der Waals surface area contributed by atoms with Gasteiger partial charge in [0.15, 0.2) is 0 Å². The van der Waals surface area contributed by atoms with Crippen LogP contribution in [0.25, 0.3) is 0 Å². The highest BCUT2D eigenvalue weighted by Gasteiger charge is 2.53. The Hall–Kier alpha value is -2.10. The van der Waals surface area contributed by atoms with Gasteiger partial charge in [-0.2, -0.15) is 5.10 Å². The summed E-state index contributed by atoms with van der Waals surface area (Å²) < 4.78 is 0. The first-order valence-corrected chi connectivity index (χ1v) is 8.05. The maximum absolute atomic E-state index is 13.0. The van der Waals surface area contributed by atoms with Crippen LogP contribution in [-0.4, -0.2) is 34.1 Å². The van der Waals surface area contributed by atoms with Crippen LogP contribution in [0.5, 0.6) is 0 Å². The summed E-state index contributed by atoms with van der Waals surface area (Å²) in [6.07, 6.45) is 4.87. The number of carbonyl (C=O) groups is 1. The second-order valence-electron chi connectivity index (χ2n) is 6.65. The molecule has 1 saturated heterocycles. The van der Waals surface area contributed by atoms with Crippen LogP contribution < -0.4 is 0 Å². The van der Waals surface area contributed by atoms with Gasteiger partial charge in [-0.25, -0.2) is 0 Å². The summed E-state index contributed by atoms with van der Waals surface area (Å²) in [7, 11) is 0. The molecular formula is C18H21N3O. The Kier molecular flexibility index (Phi) is 3.06. The minimum atomic E-state index is -0.237. The molecule has 2 aromatic rings. The number of rotatable bonds is 3. The molecule has 0 spiro atoms. The van der Waals surface area contributed by atoms with Gasteiger partial charge in [0.25, 0.3) is 0 Å². The third kappa shape index (κ3) is 2.05. The Morgan fingerprint density at radius 2 is 2.09 bits per heavy atom. The summed E-state index contributed by atoms with van der Waals surface area (Å²) in [5.74, 6) is 0.719. The van der Waals surface area contributed by atoms with Gasteiger partial charge in [0.05, 0.1) is 11.6 Å². The van der Waals surface area contributed by atoms with Crippen molar-refractivity contribution in [3.8, 4) is 0 Å². The van der Waals surface area contributed by atoms with Crippen molar-refractivity contribution in [2.75, 3.05) is 13.1 Å². The highest BCUT2D eigenvalue weighted by Crippen LogP contribution is 2.50.